The highest BCUT2D eigenvalue weighted by Crippen LogP contribution is 2.23. The van der Waals surface area contributed by atoms with Crippen LogP contribution in [0.2, 0.25) is 0 Å². The van der Waals surface area contributed by atoms with E-state index in [2.05, 4.69) is 36.5 Å². The second-order valence-corrected chi connectivity index (χ2v) is 8.89. The molecule has 1 aromatic rings. The van der Waals surface area contributed by atoms with Gasteiger partial charge in [0, 0.05) is 77.4 Å². The Hall–Kier alpha value is -1.15. The third-order valence-electron chi connectivity index (χ3n) is 6.02. The summed E-state index contributed by atoms with van der Waals surface area (Å²) in [6, 6.07) is 2.29. The molecule has 0 amide bonds. The highest BCUT2D eigenvalue weighted by atomic mass is 32.1. The first-order valence-electron chi connectivity index (χ1n) is 10.3. The van der Waals surface area contributed by atoms with Crippen molar-refractivity contribution in [2.24, 2.45) is 10.9 Å². The fourth-order valence-corrected chi connectivity index (χ4v) is 5.28. The summed E-state index contributed by atoms with van der Waals surface area (Å²) < 4.78 is 5.51. The SMILES string of the molecule is CN=C(NCCN1CCc2sccc2C1)N1CCN(CC2CCOC2)CC1. The van der Waals surface area contributed by atoms with Gasteiger partial charge in [-0.1, -0.05) is 0 Å². The van der Waals surface area contributed by atoms with Crippen LogP contribution < -0.4 is 5.32 Å². The maximum absolute atomic E-state index is 5.51. The monoisotopic (exact) mass is 391 g/mol. The third kappa shape index (κ3) is 5.02. The van der Waals surface area contributed by atoms with Gasteiger partial charge in [-0.15, -0.1) is 11.3 Å². The van der Waals surface area contributed by atoms with Crippen LogP contribution in [-0.2, 0) is 17.7 Å². The van der Waals surface area contributed by atoms with Crippen molar-refractivity contribution in [3.63, 3.8) is 0 Å². The predicted molar refractivity (Wildman–Crippen MR) is 112 cm³/mol. The molecule has 1 unspecified atom stereocenters. The number of guanidine groups is 1. The van der Waals surface area contributed by atoms with Crippen LogP contribution in [0.4, 0.5) is 0 Å². The second-order valence-electron chi connectivity index (χ2n) is 7.89. The van der Waals surface area contributed by atoms with Gasteiger partial charge in [0.25, 0.3) is 0 Å². The molecule has 2 fully saturated rings. The smallest absolute Gasteiger partial charge is 0.193 e. The zero-order chi connectivity index (χ0) is 18.5. The number of aliphatic imine (C=N–C) groups is 1. The van der Waals surface area contributed by atoms with Gasteiger partial charge in [0.05, 0.1) is 6.61 Å². The molecular formula is C20H33N5OS. The van der Waals surface area contributed by atoms with E-state index in [-0.39, 0.29) is 0 Å². The Labute approximate surface area is 167 Å². The van der Waals surface area contributed by atoms with Crippen molar-refractivity contribution in [3.8, 4) is 0 Å². The number of hydrogen-bond donors (Lipinski definition) is 1. The minimum atomic E-state index is 0.738. The number of fused-ring (bicyclic) bond motifs is 1. The molecule has 0 spiro atoms. The maximum atomic E-state index is 5.51. The standard InChI is InChI=1S/C20H33N5OS/c1-21-20(22-5-7-23-6-2-19-18(15-23)4-13-27-19)25-10-8-24(9-11-25)14-17-3-12-26-16-17/h4,13,17H,2-3,5-12,14-16H2,1H3,(H,21,22). The Morgan fingerprint density at radius 2 is 2.15 bits per heavy atom. The Kier molecular flexibility index (Phi) is 6.65. The Morgan fingerprint density at radius 3 is 2.93 bits per heavy atom. The van der Waals surface area contributed by atoms with Crippen molar-refractivity contribution in [2.45, 2.75) is 19.4 Å². The molecule has 1 N–H and O–H groups in total. The molecule has 2 saturated heterocycles. The van der Waals surface area contributed by atoms with Crippen LogP contribution in [-0.4, -0.2) is 93.3 Å². The largest absolute Gasteiger partial charge is 0.381 e. The van der Waals surface area contributed by atoms with Gasteiger partial charge < -0.3 is 15.0 Å². The summed E-state index contributed by atoms with van der Waals surface area (Å²) in [5, 5.41) is 5.82. The van der Waals surface area contributed by atoms with Gasteiger partial charge in [0.1, 0.15) is 0 Å². The molecule has 0 aliphatic carbocycles. The highest BCUT2D eigenvalue weighted by molar-refractivity contribution is 7.10. The lowest BCUT2D eigenvalue weighted by molar-refractivity contribution is 0.139. The molecule has 0 bridgehead atoms. The molecule has 27 heavy (non-hydrogen) atoms. The Balaban J connectivity index is 1.16. The lowest BCUT2D eigenvalue weighted by Gasteiger charge is -2.37. The zero-order valence-electron chi connectivity index (χ0n) is 16.5. The van der Waals surface area contributed by atoms with E-state index in [1.807, 2.05) is 18.4 Å². The summed E-state index contributed by atoms with van der Waals surface area (Å²) in [6.07, 6.45) is 2.43. The quantitative estimate of drug-likeness (QED) is 0.606. The fraction of sp³-hybridized carbons (Fsp3) is 0.750. The van der Waals surface area contributed by atoms with E-state index in [0.29, 0.717) is 0 Å². The average molecular weight is 392 g/mol. The number of hydrogen-bond acceptors (Lipinski definition) is 5. The van der Waals surface area contributed by atoms with E-state index >= 15 is 0 Å². The average Bonchev–Trinajstić information content (AvgIpc) is 3.37. The van der Waals surface area contributed by atoms with E-state index in [1.54, 1.807) is 4.88 Å². The van der Waals surface area contributed by atoms with Crippen LogP contribution in [0.15, 0.2) is 16.4 Å². The lowest BCUT2D eigenvalue weighted by Crippen LogP contribution is -2.53. The van der Waals surface area contributed by atoms with Crippen LogP contribution in [0.25, 0.3) is 0 Å². The first-order valence-corrected chi connectivity index (χ1v) is 11.2. The minimum absolute atomic E-state index is 0.738. The lowest BCUT2D eigenvalue weighted by atomic mass is 10.1. The van der Waals surface area contributed by atoms with Crippen LogP contribution in [0.5, 0.6) is 0 Å². The van der Waals surface area contributed by atoms with Crippen LogP contribution in [0.3, 0.4) is 0 Å². The van der Waals surface area contributed by atoms with Crippen LogP contribution in [0, 0.1) is 5.92 Å². The normalized spacial score (nSPS) is 25.0. The van der Waals surface area contributed by atoms with E-state index in [4.69, 9.17) is 4.74 Å². The van der Waals surface area contributed by atoms with Gasteiger partial charge in [-0.05, 0) is 35.8 Å². The summed E-state index contributed by atoms with van der Waals surface area (Å²) in [5.74, 6) is 1.80. The van der Waals surface area contributed by atoms with Gasteiger partial charge in [0.15, 0.2) is 5.96 Å². The van der Waals surface area contributed by atoms with E-state index in [0.717, 1.165) is 70.9 Å². The molecule has 4 heterocycles. The van der Waals surface area contributed by atoms with Gasteiger partial charge >= 0.3 is 0 Å². The van der Waals surface area contributed by atoms with Crippen molar-refractivity contribution in [1.29, 1.82) is 0 Å². The van der Waals surface area contributed by atoms with Crippen LogP contribution in [0.1, 0.15) is 16.9 Å². The summed E-state index contributed by atoms with van der Waals surface area (Å²) in [5.41, 5.74) is 1.53. The first-order chi connectivity index (χ1) is 13.3. The molecule has 1 atom stereocenters. The number of ether oxygens (including phenoxy) is 1. The molecule has 3 aliphatic heterocycles. The summed E-state index contributed by atoms with van der Waals surface area (Å²) in [6.45, 7) is 11.8. The van der Waals surface area contributed by atoms with Crippen molar-refractivity contribution >= 4 is 17.3 Å². The zero-order valence-corrected chi connectivity index (χ0v) is 17.3. The highest BCUT2D eigenvalue weighted by Gasteiger charge is 2.24. The van der Waals surface area contributed by atoms with E-state index < -0.39 is 0 Å². The molecule has 0 aromatic carbocycles. The Bertz CT molecular complexity index is 620. The number of piperazine rings is 1. The van der Waals surface area contributed by atoms with Gasteiger partial charge in [0.2, 0.25) is 0 Å². The third-order valence-corrected chi connectivity index (χ3v) is 7.04. The number of nitrogens with zero attached hydrogens (tertiary/aromatic N) is 4. The molecule has 0 radical (unpaired) electrons. The molecular weight excluding hydrogens is 358 g/mol. The molecule has 1 aromatic heterocycles. The van der Waals surface area contributed by atoms with Gasteiger partial charge in [-0.3, -0.25) is 14.8 Å². The maximum Gasteiger partial charge on any atom is 0.193 e. The molecule has 3 aliphatic rings. The number of thiophene rings is 1. The van der Waals surface area contributed by atoms with Crippen molar-refractivity contribution in [3.05, 3.63) is 21.9 Å². The predicted octanol–water partition coefficient (Wildman–Crippen LogP) is 1.34. The van der Waals surface area contributed by atoms with Gasteiger partial charge in [-0.25, -0.2) is 0 Å². The van der Waals surface area contributed by atoms with Crippen molar-refractivity contribution in [1.82, 2.24) is 20.0 Å². The second kappa shape index (κ2) is 9.37. The number of rotatable bonds is 5. The van der Waals surface area contributed by atoms with E-state index in [9.17, 15) is 0 Å². The molecule has 6 nitrogen and oxygen atoms in total. The van der Waals surface area contributed by atoms with Crippen molar-refractivity contribution < 1.29 is 4.74 Å². The fourth-order valence-electron chi connectivity index (χ4n) is 4.39. The topological polar surface area (TPSA) is 43.3 Å². The summed E-state index contributed by atoms with van der Waals surface area (Å²) >= 11 is 1.91. The summed E-state index contributed by atoms with van der Waals surface area (Å²) in [4.78, 5) is 13.7. The number of nitrogens with one attached hydrogen (secondary N) is 1. The Morgan fingerprint density at radius 1 is 1.26 bits per heavy atom. The van der Waals surface area contributed by atoms with Crippen LogP contribution >= 0.6 is 11.3 Å². The first kappa shape index (κ1) is 19.2. The molecule has 7 heteroatoms. The molecule has 150 valence electrons. The molecule has 4 rings (SSSR count). The van der Waals surface area contributed by atoms with Crippen molar-refractivity contribution in [2.75, 3.05) is 72.6 Å². The minimum Gasteiger partial charge on any atom is -0.381 e. The van der Waals surface area contributed by atoms with E-state index in [1.165, 1.54) is 31.5 Å². The molecule has 0 saturated carbocycles. The van der Waals surface area contributed by atoms with Gasteiger partial charge in [-0.2, -0.15) is 0 Å². The summed E-state index contributed by atoms with van der Waals surface area (Å²) in [7, 11) is 1.91.